The number of hydrogen-bond acceptors (Lipinski definition) is 6. The largest absolute Gasteiger partial charge is 0.469 e. The Morgan fingerprint density at radius 3 is 2.93 bits per heavy atom. The highest BCUT2D eigenvalue weighted by Gasteiger charge is 2.23. The molecule has 0 fully saturated rings. The first-order valence-electron chi connectivity index (χ1n) is 8.77. The number of aliphatic hydroxyl groups excluding tert-OH is 1. The smallest absolute Gasteiger partial charge is 0.264 e. The average Bonchev–Trinajstić information content (AvgIpc) is 3.31. The van der Waals surface area contributed by atoms with Crippen LogP contribution in [0.15, 0.2) is 48.8 Å². The predicted molar refractivity (Wildman–Crippen MR) is 111 cm³/mol. The summed E-state index contributed by atoms with van der Waals surface area (Å²) in [5.74, 6) is -0.468. The van der Waals surface area contributed by atoms with Crippen LogP contribution < -0.4 is 10.5 Å². The molecule has 0 saturated heterocycles. The molecule has 3 heterocycles. The Morgan fingerprint density at radius 2 is 2.21 bits per heavy atom. The first-order chi connectivity index (χ1) is 14.0. The minimum Gasteiger partial charge on any atom is -0.469 e. The number of fused-ring (bicyclic) bond motifs is 1. The van der Waals surface area contributed by atoms with Crippen molar-refractivity contribution >= 4 is 34.5 Å². The van der Waals surface area contributed by atoms with Crippen LogP contribution in [0.25, 0.3) is 16.3 Å². The zero-order valence-electron chi connectivity index (χ0n) is 15.4. The lowest BCUT2D eigenvalue weighted by Crippen LogP contribution is -2.12. The summed E-state index contributed by atoms with van der Waals surface area (Å²) in [6.45, 7) is 1.70. The normalized spacial score (nSPS) is 12.2. The number of hydrogen-bond donors (Lipinski definition) is 2. The Bertz CT molecular complexity index is 1200. The van der Waals surface area contributed by atoms with E-state index in [1.165, 1.54) is 0 Å². The maximum absolute atomic E-state index is 12.0. The topological polar surface area (TPSA) is 103 Å². The number of carbonyl (C=O) groups excluding carboxylic acids is 1. The Kier molecular flexibility index (Phi) is 5.23. The zero-order valence-corrected chi connectivity index (χ0v) is 16.9. The lowest BCUT2D eigenvalue weighted by molar-refractivity contribution is 0.0997. The van der Waals surface area contributed by atoms with Gasteiger partial charge >= 0.3 is 0 Å². The Hall–Kier alpha value is -2.94. The van der Waals surface area contributed by atoms with Crippen LogP contribution in [0.5, 0.6) is 5.88 Å². The van der Waals surface area contributed by atoms with Crippen LogP contribution >= 0.6 is 22.9 Å². The van der Waals surface area contributed by atoms with Crippen molar-refractivity contribution < 1.29 is 14.6 Å². The summed E-state index contributed by atoms with van der Waals surface area (Å²) >= 11 is 7.46. The van der Waals surface area contributed by atoms with Gasteiger partial charge in [0.1, 0.15) is 22.5 Å². The predicted octanol–water partition coefficient (Wildman–Crippen LogP) is 3.84. The number of nitrogens with zero attached hydrogens (tertiary/aromatic N) is 3. The fourth-order valence-corrected chi connectivity index (χ4v) is 4.19. The number of thiazole rings is 1. The number of aliphatic hydroxyl groups is 1. The second kappa shape index (κ2) is 7.82. The molecule has 1 amide bonds. The number of nitrogens with two attached hydrogens (primary N) is 1. The van der Waals surface area contributed by atoms with Crippen LogP contribution in [0.4, 0.5) is 0 Å². The number of ether oxygens (including phenoxy) is 1. The van der Waals surface area contributed by atoms with Crippen LogP contribution in [0.2, 0.25) is 5.02 Å². The highest BCUT2D eigenvalue weighted by molar-refractivity contribution is 7.17. The minimum atomic E-state index is -0.619. The fraction of sp³-hybridized carbons (Fsp3) is 0.150. The standard InChI is InChI=1S/C20H17ClN4O3S/c1-11(13-6-5-12(10-26)8-14(13)21)28-19-17(18(22)27)29-20(24-19)15-9-23-16-4-2-3-7-25(15)16/h2-9,11,26H,10H2,1H3,(H2,22,27). The van der Waals surface area contributed by atoms with Crippen molar-refractivity contribution in [2.75, 3.05) is 0 Å². The molecular weight excluding hydrogens is 412 g/mol. The molecule has 29 heavy (non-hydrogen) atoms. The van der Waals surface area contributed by atoms with Crippen LogP contribution in [0.1, 0.15) is 33.8 Å². The van der Waals surface area contributed by atoms with Crippen LogP contribution in [0.3, 0.4) is 0 Å². The SMILES string of the molecule is CC(Oc1nc(-c2cnc3ccccn23)sc1C(N)=O)c1ccc(CO)cc1Cl. The maximum Gasteiger partial charge on any atom is 0.264 e. The van der Waals surface area contributed by atoms with Crippen LogP contribution in [-0.4, -0.2) is 25.4 Å². The van der Waals surface area contributed by atoms with E-state index < -0.39 is 12.0 Å². The second-order valence-corrected chi connectivity index (χ2v) is 7.77. The van der Waals surface area contributed by atoms with Crippen molar-refractivity contribution in [2.24, 2.45) is 5.73 Å². The Morgan fingerprint density at radius 1 is 1.38 bits per heavy atom. The van der Waals surface area contributed by atoms with E-state index in [1.807, 2.05) is 28.8 Å². The molecule has 9 heteroatoms. The monoisotopic (exact) mass is 428 g/mol. The van der Waals surface area contributed by atoms with Gasteiger partial charge in [-0.1, -0.05) is 29.8 Å². The molecular formula is C20H17ClN4O3S. The number of aromatic nitrogens is 3. The molecule has 3 N–H and O–H groups in total. The molecule has 4 aromatic rings. The van der Waals surface area contributed by atoms with E-state index in [1.54, 1.807) is 31.3 Å². The van der Waals surface area contributed by atoms with Gasteiger partial charge in [0.2, 0.25) is 5.88 Å². The van der Waals surface area contributed by atoms with Crippen molar-refractivity contribution in [3.8, 4) is 16.6 Å². The van der Waals surface area contributed by atoms with Crippen molar-refractivity contribution in [3.63, 3.8) is 0 Å². The van der Waals surface area contributed by atoms with E-state index in [4.69, 9.17) is 22.1 Å². The van der Waals surface area contributed by atoms with Gasteiger partial charge in [0, 0.05) is 16.8 Å². The highest BCUT2D eigenvalue weighted by Crippen LogP contribution is 2.36. The Balaban J connectivity index is 1.70. The van der Waals surface area contributed by atoms with Gasteiger partial charge in [0.25, 0.3) is 5.91 Å². The minimum absolute atomic E-state index is 0.101. The first-order valence-corrected chi connectivity index (χ1v) is 9.96. The van der Waals surface area contributed by atoms with Crippen molar-refractivity contribution in [1.29, 1.82) is 0 Å². The van der Waals surface area contributed by atoms with Gasteiger partial charge in [0.15, 0.2) is 4.88 Å². The second-order valence-electron chi connectivity index (χ2n) is 6.36. The van der Waals surface area contributed by atoms with Gasteiger partial charge in [-0.3, -0.25) is 9.20 Å². The molecule has 4 rings (SSSR count). The molecule has 7 nitrogen and oxygen atoms in total. The number of benzene rings is 1. The summed E-state index contributed by atoms with van der Waals surface area (Å²) in [5, 5.41) is 10.3. The van der Waals surface area contributed by atoms with Crippen molar-refractivity contribution in [3.05, 3.63) is 69.8 Å². The van der Waals surface area contributed by atoms with Gasteiger partial charge in [-0.25, -0.2) is 4.98 Å². The van der Waals surface area contributed by atoms with Gasteiger partial charge in [0.05, 0.1) is 12.8 Å². The molecule has 0 spiro atoms. The van der Waals surface area contributed by atoms with Gasteiger partial charge in [-0.05, 0) is 30.7 Å². The van der Waals surface area contributed by atoms with Gasteiger partial charge < -0.3 is 15.6 Å². The molecule has 0 aliphatic heterocycles. The number of halogens is 1. The molecule has 1 aromatic carbocycles. The number of carbonyl (C=O) groups is 1. The molecule has 3 aromatic heterocycles. The summed E-state index contributed by atoms with van der Waals surface area (Å²) in [6.07, 6.45) is 3.08. The summed E-state index contributed by atoms with van der Waals surface area (Å²) < 4.78 is 7.84. The molecule has 0 bridgehead atoms. The number of pyridine rings is 1. The molecule has 148 valence electrons. The number of primary amides is 1. The lowest BCUT2D eigenvalue weighted by Gasteiger charge is -2.15. The molecule has 1 atom stereocenters. The highest BCUT2D eigenvalue weighted by atomic mass is 35.5. The fourth-order valence-electron chi connectivity index (χ4n) is 2.97. The molecule has 0 aliphatic carbocycles. The van der Waals surface area contributed by atoms with E-state index in [-0.39, 0.29) is 17.4 Å². The van der Waals surface area contributed by atoms with Crippen LogP contribution in [-0.2, 0) is 6.61 Å². The molecule has 1 unspecified atom stereocenters. The van der Waals surface area contributed by atoms with Gasteiger partial charge in [-0.2, -0.15) is 4.98 Å². The molecule has 0 saturated carbocycles. The van der Waals surface area contributed by atoms with E-state index in [0.29, 0.717) is 21.2 Å². The van der Waals surface area contributed by atoms with Crippen LogP contribution in [0, 0.1) is 0 Å². The van der Waals surface area contributed by atoms with Crippen molar-refractivity contribution in [2.45, 2.75) is 19.6 Å². The molecule has 0 aliphatic rings. The summed E-state index contributed by atoms with van der Waals surface area (Å²) in [5.41, 5.74) is 8.47. The van der Waals surface area contributed by atoms with E-state index >= 15 is 0 Å². The number of rotatable bonds is 6. The third-order valence-electron chi connectivity index (χ3n) is 4.43. The lowest BCUT2D eigenvalue weighted by atomic mass is 10.1. The quantitative estimate of drug-likeness (QED) is 0.485. The summed E-state index contributed by atoms with van der Waals surface area (Å²) in [4.78, 5) is 21.1. The van der Waals surface area contributed by atoms with Gasteiger partial charge in [-0.15, -0.1) is 11.3 Å². The first kappa shape index (κ1) is 19.4. The summed E-state index contributed by atoms with van der Waals surface area (Å²) in [7, 11) is 0. The zero-order chi connectivity index (χ0) is 20.5. The average molecular weight is 429 g/mol. The Labute approximate surface area is 175 Å². The van der Waals surface area contributed by atoms with E-state index in [9.17, 15) is 9.90 Å². The number of amides is 1. The van der Waals surface area contributed by atoms with Crippen molar-refractivity contribution in [1.82, 2.24) is 14.4 Å². The summed E-state index contributed by atoms with van der Waals surface area (Å²) in [6, 6.07) is 10.9. The third kappa shape index (κ3) is 3.69. The van der Waals surface area contributed by atoms with E-state index in [0.717, 1.165) is 22.7 Å². The number of imidazole rings is 1. The molecule has 0 radical (unpaired) electrons. The van der Waals surface area contributed by atoms with E-state index in [2.05, 4.69) is 9.97 Å². The maximum atomic E-state index is 12.0. The third-order valence-corrected chi connectivity index (χ3v) is 5.83.